The van der Waals surface area contributed by atoms with Crippen LogP contribution in [0, 0.1) is 0 Å². The second kappa shape index (κ2) is 3.46. The zero-order chi connectivity index (χ0) is 12.0. The third-order valence-electron chi connectivity index (χ3n) is 3.00. The molecule has 0 saturated carbocycles. The van der Waals surface area contributed by atoms with E-state index in [0.29, 0.717) is 11.6 Å². The second-order valence-electron chi connectivity index (χ2n) is 4.20. The first-order valence-electron chi connectivity index (χ1n) is 5.30. The standard InChI is InChI=1S/C11H10F3N3/c12-11(13,14)8-1-2-10-16-9(6-17(10)5-8)7-3-15-4-7/h1-2,5-7,15H,3-4H2. The lowest BCUT2D eigenvalue weighted by molar-refractivity contribution is -0.137. The monoisotopic (exact) mass is 241 g/mol. The Morgan fingerprint density at radius 1 is 1.24 bits per heavy atom. The first kappa shape index (κ1) is 10.6. The number of pyridine rings is 1. The topological polar surface area (TPSA) is 29.3 Å². The van der Waals surface area contributed by atoms with Gasteiger partial charge in [0.05, 0.1) is 11.3 Å². The smallest absolute Gasteiger partial charge is 0.315 e. The summed E-state index contributed by atoms with van der Waals surface area (Å²) >= 11 is 0. The molecule has 1 fully saturated rings. The van der Waals surface area contributed by atoms with Crippen LogP contribution >= 0.6 is 0 Å². The third kappa shape index (κ3) is 1.78. The molecule has 1 aliphatic rings. The van der Waals surface area contributed by atoms with E-state index in [0.717, 1.165) is 31.0 Å². The van der Waals surface area contributed by atoms with Gasteiger partial charge in [0.25, 0.3) is 0 Å². The summed E-state index contributed by atoms with van der Waals surface area (Å²) in [6.45, 7) is 1.69. The highest BCUT2D eigenvalue weighted by atomic mass is 19.4. The van der Waals surface area contributed by atoms with Gasteiger partial charge in [-0.2, -0.15) is 13.2 Å². The fraction of sp³-hybridized carbons (Fsp3) is 0.364. The van der Waals surface area contributed by atoms with Gasteiger partial charge in [-0.3, -0.25) is 0 Å². The molecule has 3 nitrogen and oxygen atoms in total. The first-order chi connectivity index (χ1) is 8.04. The van der Waals surface area contributed by atoms with Crippen LogP contribution in [0.2, 0.25) is 0 Å². The van der Waals surface area contributed by atoms with Crippen molar-refractivity contribution in [3.63, 3.8) is 0 Å². The van der Waals surface area contributed by atoms with Gasteiger partial charge in [-0.15, -0.1) is 0 Å². The maximum atomic E-state index is 12.5. The van der Waals surface area contributed by atoms with Gasteiger partial charge in [0, 0.05) is 31.4 Å². The average Bonchev–Trinajstić information content (AvgIpc) is 2.54. The van der Waals surface area contributed by atoms with Crippen molar-refractivity contribution >= 4 is 5.65 Å². The highest BCUT2D eigenvalue weighted by Crippen LogP contribution is 2.29. The maximum Gasteiger partial charge on any atom is 0.417 e. The molecule has 6 heteroatoms. The molecule has 1 saturated heterocycles. The molecule has 3 rings (SSSR count). The lowest BCUT2D eigenvalue weighted by Crippen LogP contribution is -2.40. The van der Waals surface area contributed by atoms with Gasteiger partial charge < -0.3 is 9.72 Å². The van der Waals surface area contributed by atoms with E-state index in [9.17, 15) is 13.2 Å². The van der Waals surface area contributed by atoms with Gasteiger partial charge in [0.2, 0.25) is 0 Å². The van der Waals surface area contributed by atoms with Crippen LogP contribution in [0.5, 0.6) is 0 Å². The number of nitrogens with zero attached hydrogens (tertiary/aromatic N) is 2. The van der Waals surface area contributed by atoms with Crippen molar-refractivity contribution in [2.75, 3.05) is 13.1 Å². The van der Waals surface area contributed by atoms with Crippen molar-refractivity contribution in [3.8, 4) is 0 Å². The van der Waals surface area contributed by atoms with Gasteiger partial charge in [0.1, 0.15) is 5.65 Å². The van der Waals surface area contributed by atoms with Gasteiger partial charge in [0.15, 0.2) is 0 Å². The summed E-state index contributed by atoms with van der Waals surface area (Å²) in [5, 5.41) is 3.11. The Hall–Kier alpha value is -1.56. The SMILES string of the molecule is FC(F)(F)c1ccc2nc(C3CNC3)cn2c1. The number of rotatable bonds is 1. The number of nitrogens with one attached hydrogen (secondary N) is 1. The fourth-order valence-electron chi connectivity index (χ4n) is 1.87. The molecule has 0 atom stereocenters. The van der Waals surface area contributed by atoms with Crippen LogP contribution in [0.1, 0.15) is 17.2 Å². The molecule has 1 aliphatic heterocycles. The largest absolute Gasteiger partial charge is 0.417 e. The Morgan fingerprint density at radius 2 is 2.00 bits per heavy atom. The van der Waals surface area contributed by atoms with Crippen LogP contribution in [0.3, 0.4) is 0 Å². The van der Waals surface area contributed by atoms with Crippen LogP contribution in [0.15, 0.2) is 24.5 Å². The van der Waals surface area contributed by atoms with E-state index >= 15 is 0 Å². The van der Waals surface area contributed by atoms with Gasteiger partial charge in [-0.25, -0.2) is 4.98 Å². The number of halogens is 3. The van der Waals surface area contributed by atoms with Crippen molar-refractivity contribution in [1.82, 2.24) is 14.7 Å². The Balaban J connectivity index is 2.04. The van der Waals surface area contributed by atoms with E-state index in [4.69, 9.17) is 0 Å². The van der Waals surface area contributed by atoms with E-state index in [1.807, 2.05) is 0 Å². The summed E-state index contributed by atoms with van der Waals surface area (Å²) in [7, 11) is 0. The van der Waals surface area contributed by atoms with Gasteiger partial charge in [-0.1, -0.05) is 0 Å². The highest BCUT2D eigenvalue weighted by Gasteiger charge is 2.31. The predicted molar refractivity (Wildman–Crippen MR) is 55.8 cm³/mol. The molecule has 0 amide bonds. The Bertz CT molecular complexity index is 555. The van der Waals surface area contributed by atoms with Crippen molar-refractivity contribution < 1.29 is 13.2 Å². The van der Waals surface area contributed by atoms with Crippen molar-refractivity contribution in [2.24, 2.45) is 0 Å². The van der Waals surface area contributed by atoms with Crippen LogP contribution < -0.4 is 5.32 Å². The number of aromatic nitrogens is 2. The summed E-state index contributed by atoms with van der Waals surface area (Å²) < 4.78 is 39.0. The Morgan fingerprint density at radius 3 is 2.59 bits per heavy atom. The van der Waals surface area contributed by atoms with E-state index in [1.54, 1.807) is 6.20 Å². The number of fused-ring (bicyclic) bond motifs is 1. The van der Waals surface area contributed by atoms with Crippen LogP contribution in [0.25, 0.3) is 5.65 Å². The van der Waals surface area contributed by atoms with Crippen molar-refractivity contribution in [2.45, 2.75) is 12.1 Å². The van der Waals surface area contributed by atoms with E-state index in [2.05, 4.69) is 10.3 Å². The minimum absolute atomic E-state index is 0.323. The molecule has 1 N–H and O–H groups in total. The molecule has 0 spiro atoms. The van der Waals surface area contributed by atoms with Crippen molar-refractivity contribution in [1.29, 1.82) is 0 Å². The minimum Gasteiger partial charge on any atom is -0.315 e. The molecule has 3 heterocycles. The molecule has 0 unspecified atom stereocenters. The Labute approximate surface area is 95.3 Å². The molecule has 2 aromatic rings. The van der Waals surface area contributed by atoms with Crippen molar-refractivity contribution in [3.05, 3.63) is 35.8 Å². The highest BCUT2D eigenvalue weighted by molar-refractivity contribution is 5.43. The molecule has 90 valence electrons. The minimum atomic E-state index is -4.31. The molecular formula is C11H10F3N3. The third-order valence-corrected chi connectivity index (χ3v) is 3.00. The maximum absolute atomic E-state index is 12.5. The normalized spacial score (nSPS) is 17.4. The van der Waals surface area contributed by atoms with Crippen LogP contribution in [-0.4, -0.2) is 22.5 Å². The van der Waals surface area contributed by atoms with E-state index in [-0.39, 0.29) is 0 Å². The zero-order valence-electron chi connectivity index (χ0n) is 8.83. The molecule has 0 bridgehead atoms. The van der Waals surface area contributed by atoms with Gasteiger partial charge in [-0.05, 0) is 12.1 Å². The number of hydrogen-bond acceptors (Lipinski definition) is 2. The van der Waals surface area contributed by atoms with Crippen LogP contribution in [0.4, 0.5) is 13.2 Å². The molecule has 0 radical (unpaired) electrons. The summed E-state index contributed by atoms with van der Waals surface area (Å²) in [5.74, 6) is 0.323. The quantitative estimate of drug-likeness (QED) is 0.827. The summed E-state index contributed by atoms with van der Waals surface area (Å²) in [6.07, 6.45) is -1.55. The summed E-state index contributed by atoms with van der Waals surface area (Å²) in [5.41, 5.74) is 0.753. The molecule has 17 heavy (non-hydrogen) atoms. The number of hydrogen-bond donors (Lipinski definition) is 1. The lowest BCUT2D eigenvalue weighted by Gasteiger charge is -2.24. The summed E-state index contributed by atoms with van der Waals surface area (Å²) in [4.78, 5) is 4.31. The van der Waals surface area contributed by atoms with E-state index < -0.39 is 11.7 Å². The molecule has 0 aliphatic carbocycles. The Kier molecular flexibility index (Phi) is 2.16. The summed E-state index contributed by atoms with van der Waals surface area (Å²) in [6, 6.07) is 2.46. The number of alkyl halides is 3. The first-order valence-corrected chi connectivity index (χ1v) is 5.30. The van der Waals surface area contributed by atoms with Gasteiger partial charge >= 0.3 is 6.18 Å². The molecule has 2 aromatic heterocycles. The predicted octanol–water partition coefficient (Wildman–Crippen LogP) is 2.04. The van der Waals surface area contributed by atoms with E-state index in [1.165, 1.54) is 10.5 Å². The zero-order valence-corrected chi connectivity index (χ0v) is 8.83. The number of imidazole rings is 1. The fourth-order valence-corrected chi connectivity index (χ4v) is 1.87. The second-order valence-corrected chi connectivity index (χ2v) is 4.20. The van der Waals surface area contributed by atoms with Crippen LogP contribution in [-0.2, 0) is 6.18 Å². The average molecular weight is 241 g/mol. The lowest BCUT2D eigenvalue weighted by atomic mass is 10.0. The molecular weight excluding hydrogens is 231 g/mol. The molecule has 0 aromatic carbocycles.